The fourth-order valence-corrected chi connectivity index (χ4v) is 3.87. The van der Waals surface area contributed by atoms with Crippen LogP contribution >= 0.6 is 0 Å². The van der Waals surface area contributed by atoms with Gasteiger partial charge in [-0.3, -0.25) is 0 Å². The van der Waals surface area contributed by atoms with Crippen LogP contribution in [0.1, 0.15) is 16.7 Å². The fourth-order valence-electron chi connectivity index (χ4n) is 3.87. The molecule has 1 saturated heterocycles. The molecule has 3 aromatic carbocycles. The summed E-state index contributed by atoms with van der Waals surface area (Å²) < 4.78 is 24.7. The van der Waals surface area contributed by atoms with Gasteiger partial charge in [0.1, 0.15) is 18.0 Å². The van der Waals surface area contributed by atoms with E-state index >= 15 is 0 Å². The smallest absolute Gasteiger partial charge is 0.150 e. The second-order valence-electron chi connectivity index (χ2n) is 8.17. The van der Waals surface area contributed by atoms with Crippen LogP contribution in [0.4, 0.5) is 0 Å². The molecule has 4 rings (SSSR count). The average Bonchev–Trinajstić information content (AvgIpc) is 2.86. The third-order valence-electron chi connectivity index (χ3n) is 5.68. The normalized spacial score (nSPS) is 22.6. The Hall–Kier alpha value is -2.96. The number of nitrogens with two attached hydrogens (primary N) is 1. The van der Waals surface area contributed by atoms with E-state index in [1.807, 2.05) is 91.0 Å². The van der Waals surface area contributed by atoms with Gasteiger partial charge in [-0.1, -0.05) is 97.6 Å². The molecule has 5 heteroatoms. The average molecular weight is 446 g/mol. The Morgan fingerprint density at radius 3 is 1.64 bits per heavy atom. The summed E-state index contributed by atoms with van der Waals surface area (Å²) in [5, 5.41) is 0. The number of ether oxygens (including phenoxy) is 4. The topological polar surface area (TPSA) is 62.9 Å². The van der Waals surface area contributed by atoms with Gasteiger partial charge in [-0.15, -0.1) is 0 Å². The first-order valence-electron chi connectivity index (χ1n) is 11.2. The zero-order chi connectivity index (χ0) is 22.9. The van der Waals surface area contributed by atoms with Crippen LogP contribution in [0.15, 0.2) is 103 Å². The summed E-state index contributed by atoms with van der Waals surface area (Å²) in [6, 6.07) is 29.6. The lowest BCUT2D eigenvalue weighted by Crippen LogP contribution is -2.58. The maximum atomic E-state index is 6.46. The van der Waals surface area contributed by atoms with Crippen molar-refractivity contribution in [1.29, 1.82) is 0 Å². The molecule has 0 radical (unpaired) electrons. The van der Waals surface area contributed by atoms with Gasteiger partial charge in [0.15, 0.2) is 6.10 Å². The van der Waals surface area contributed by atoms with Crippen molar-refractivity contribution in [2.75, 3.05) is 6.61 Å². The number of benzene rings is 3. The van der Waals surface area contributed by atoms with Crippen molar-refractivity contribution in [1.82, 2.24) is 0 Å². The molecule has 1 fully saturated rings. The maximum absolute atomic E-state index is 6.46. The molecule has 1 aliphatic heterocycles. The number of rotatable bonds is 10. The second-order valence-corrected chi connectivity index (χ2v) is 8.17. The van der Waals surface area contributed by atoms with E-state index in [2.05, 4.69) is 6.58 Å². The Bertz CT molecular complexity index is 981. The van der Waals surface area contributed by atoms with E-state index < -0.39 is 18.2 Å². The zero-order valence-electron chi connectivity index (χ0n) is 18.7. The van der Waals surface area contributed by atoms with Crippen molar-refractivity contribution < 1.29 is 18.9 Å². The lowest BCUT2D eigenvalue weighted by molar-refractivity contribution is -0.184. The summed E-state index contributed by atoms with van der Waals surface area (Å²) in [4.78, 5) is 0. The van der Waals surface area contributed by atoms with Crippen LogP contribution in [0.5, 0.6) is 0 Å². The lowest BCUT2D eigenvalue weighted by Gasteiger charge is -2.42. The minimum atomic E-state index is -0.500. The van der Waals surface area contributed by atoms with Crippen LogP contribution in [-0.4, -0.2) is 31.0 Å². The Labute approximate surface area is 195 Å². The molecule has 1 aliphatic rings. The van der Waals surface area contributed by atoms with Crippen LogP contribution < -0.4 is 5.73 Å². The number of hydrogen-bond acceptors (Lipinski definition) is 5. The van der Waals surface area contributed by atoms with E-state index in [0.29, 0.717) is 32.2 Å². The molecule has 1 heterocycles. The molecular formula is C28H31NO4. The van der Waals surface area contributed by atoms with E-state index in [1.165, 1.54) is 0 Å². The highest BCUT2D eigenvalue weighted by atomic mass is 16.6. The van der Waals surface area contributed by atoms with Gasteiger partial charge in [0, 0.05) is 0 Å². The van der Waals surface area contributed by atoms with Crippen LogP contribution in [0.25, 0.3) is 0 Å². The van der Waals surface area contributed by atoms with Crippen LogP contribution in [0, 0.1) is 0 Å². The standard InChI is InChI=1S/C28H31NO4/c1-21-26(29)28(32-19-24-15-9-4-10-16-24)27(31-18-23-13-7-3-8-14-23)25(33-21)20-30-17-22-11-5-2-6-12-22/h2-16,25-28H,1,17-20,29H2/t25-,26+,27-,28-/m1/s1. The third kappa shape index (κ3) is 6.53. The predicted octanol–water partition coefficient (Wildman–Crippen LogP) is 4.61. The molecular weight excluding hydrogens is 414 g/mol. The molecule has 0 saturated carbocycles. The Morgan fingerprint density at radius 1 is 0.667 bits per heavy atom. The maximum Gasteiger partial charge on any atom is 0.150 e. The van der Waals surface area contributed by atoms with Crippen molar-refractivity contribution in [3.8, 4) is 0 Å². The SMILES string of the molecule is C=C1O[C@H](COCc2ccccc2)[C@@H](OCc2ccccc2)[C@H](OCc2ccccc2)[C@H]1N. The molecule has 0 spiro atoms. The minimum Gasteiger partial charge on any atom is -0.488 e. The van der Waals surface area contributed by atoms with Crippen molar-refractivity contribution in [2.24, 2.45) is 5.73 Å². The first-order chi connectivity index (χ1) is 16.2. The largest absolute Gasteiger partial charge is 0.488 e. The molecule has 0 amide bonds. The summed E-state index contributed by atoms with van der Waals surface area (Å²) in [6.07, 6.45) is -1.21. The highest BCUT2D eigenvalue weighted by Crippen LogP contribution is 2.28. The molecule has 0 aromatic heterocycles. The molecule has 33 heavy (non-hydrogen) atoms. The molecule has 5 nitrogen and oxygen atoms in total. The van der Waals surface area contributed by atoms with E-state index in [0.717, 1.165) is 16.7 Å². The predicted molar refractivity (Wildman–Crippen MR) is 128 cm³/mol. The van der Waals surface area contributed by atoms with Crippen LogP contribution in [-0.2, 0) is 38.8 Å². The van der Waals surface area contributed by atoms with Gasteiger partial charge in [-0.2, -0.15) is 0 Å². The monoisotopic (exact) mass is 445 g/mol. The first kappa shape index (κ1) is 23.2. The van der Waals surface area contributed by atoms with Crippen molar-refractivity contribution in [3.63, 3.8) is 0 Å². The second kappa shape index (κ2) is 11.8. The van der Waals surface area contributed by atoms with Gasteiger partial charge in [0.25, 0.3) is 0 Å². The van der Waals surface area contributed by atoms with Gasteiger partial charge < -0.3 is 24.7 Å². The lowest BCUT2D eigenvalue weighted by atomic mass is 9.96. The summed E-state index contributed by atoms with van der Waals surface area (Å²) in [6.45, 7) is 5.71. The van der Waals surface area contributed by atoms with Gasteiger partial charge >= 0.3 is 0 Å². The van der Waals surface area contributed by atoms with E-state index in [4.69, 9.17) is 24.7 Å². The van der Waals surface area contributed by atoms with Gasteiger partial charge in [0.2, 0.25) is 0 Å². The summed E-state index contributed by atoms with van der Waals surface area (Å²) in [5.41, 5.74) is 9.70. The summed E-state index contributed by atoms with van der Waals surface area (Å²) >= 11 is 0. The Balaban J connectivity index is 1.46. The molecule has 3 aromatic rings. The van der Waals surface area contributed by atoms with Gasteiger partial charge in [-0.25, -0.2) is 0 Å². The van der Waals surface area contributed by atoms with Crippen LogP contribution in [0.2, 0.25) is 0 Å². The van der Waals surface area contributed by atoms with Gasteiger partial charge in [0.05, 0.1) is 32.5 Å². The highest BCUT2D eigenvalue weighted by molar-refractivity contribution is 5.16. The third-order valence-corrected chi connectivity index (χ3v) is 5.68. The first-order valence-corrected chi connectivity index (χ1v) is 11.2. The molecule has 172 valence electrons. The fraction of sp³-hybridized carbons (Fsp3) is 0.286. The van der Waals surface area contributed by atoms with Crippen molar-refractivity contribution in [3.05, 3.63) is 120 Å². The molecule has 4 atom stereocenters. The molecule has 0 aliphatic carbocycles. The zero-order valence-corrected chi connectivity index (χ0v) is 18.7. The van der Waals surface area contributed by atoms with Crippen molar-refractivity contribution in [2.45, 2.75) is 44.2 Å². The molecule has 2 N–H and O–H groups in total. The summed E-state index contributed by atoms with van der Waals surface area (Å²) in [7, 11) is 0. The van der Waals surface area contributed by atoms with Crippen LogP contribution in [0.3, 0.4) is 0 Å². The quantitative estimate of drug-likeness (QED) is 0.494. The number of hydrogen-bond donors (Lipinski definition) is 1. The van der Waals surface area contributed by atoms with E-state index in [1.54, 1.807) is 0 Å². The van der Waals surface area contributed by atoms with E-state index in [9.17, 15) is 0 Å². The minimum absolute atomic E-state index is 0.339. The van der Waals surface area contributed by atoms with Crippen molar-refractivity contribution >= 4 is 0 Å². The molecule has 0 bridgehead atoms. The van der Waals surface area contributed by atoms with E-state index in [-0.39, 0.29) is 6.10 Å². The molecule has 0 unspecified atom stereocenters. The van der Waals surface area contributed by atoms with Gasteiger partial charge in [-0.05, 0) is 16.7 Å². The Morgan fingerprint density at radius 2 is 1.12 bits per heavy atom. The highest BCUT2D eigenvalue weighted by Gasteiger charge is 2.43. The summed E-state index contributed by atoms with van der Waals surface area (Å²) in [5.74, 6) is 0.487. The Kier molecular flexibility index (Phi) is 8.28.